The van der Waals surface area contributed by atoms with Gasteiger partial charge in [0.15, 0.2) is 0 Å². The summed E-state index contributed by atoms with van der Waals surface area (Å²) in [6, 6.07) is 11.3. The quantitative estimate of drug-likeness (QED) is 0.477. The van der Waals surface area contributed by atoms with E-state index in [2.05, 4.69) is 10.0 Å². The maximum absolute atomic E-state index is 13.2. The molecule has 0 spiro atoms. The van der Waals surface area contributed by atoms with Crippen molar-refractivity contribution in [3.8, 4) is 0 Å². The Morgan fingerprint density at radius 2 is 1.51 bits per heavy atom. The summed E-state index contributed by atoms with van der Waals surface area (Å²) in [6.45, 7) is 3.40. The summed E-state index contributed by atoms with van der Waals surface area (Å²) in [5.41, 5.74) is -1.22. The zero-order valence-corrected chi connectivity index (χ0v) is 21.7. The number of methoxy groups -OCH3 is 1. The molecule has 0 heterocycles. The third-order valence-electron chi connectivity index (χ3n) is 6.76. The number of hydrogen-bond donors (Lipinski definition) is 2. The van der Waals surface area contributed by atoms with Crippen LogP contribution < -0.4 is 10.0 Å². The summed E-state index contributed by atoms with van der Waals surface area (Å²) in [6.07, 6.45) is -2.97. The molecule has 1 fully saturated rings. The molecule has 1 aliphatic carbocycles. The predicted octanol–water partition coefficient (Wildman–Crippen LogP) is 4.60. The average molecular weight is 541 g/mol. The molecule has 2 N–H and O–H groups in total. The molecule has 0 aromatic heterocycles. The van der Waals surface area contributed by atoms with Crippen LogP contribution in [0.2, 0.25) is 0 Å². The van der Waals surface area contributed by atoms with Crippen molar-refractivity contribution in [3.05, 3.63) is 65.7 Å². The molecule has 3 rings (SSSR count). The van der Waals surface area contributed by atoms with E-state index in [0.717, 1.165) is 29.8 Å². The fourth-order valence-corrected chi connectivity index (χ4v) is 5.86. The number of amides is 1. The van der Waals surface area contributed by atoms with Crippen LogP contribution in [0.25, 0.3) is 0 Å². The first-order valence-electron chi connectivity index (χ1n) is 11.9. The molecule has 0 unspecified atom stereocenters. The minimum Gasteiger partial charge on any atom is -0.469 e. The molecule has 0 saturated heterocycles. The topological polar surface area (TPSA) is 102 Å². The van der Waals surface area contributed by atoms with Gasteiger partial charge in [0.05, 0.1) is 29.0 Å². The number of carbonyl (C=O) groups excluding carboxylic acids is 2. The molecular formula is C26H31F3N2O5S. The van der Waals surface area contributed by atoms with E-state index in [9.17, 15) is 31.2 Å². The Balaban J connectivity index is 1.63. The number of alkyl halides is 3. The van der Waals surface area contributed by atoms with Gasteiger partial charge < -0.3 is 10.1 Å². The molecule has 1 saturated carbocycles. The van der Waals surface area contributed by atoms with Gasteiger partial charge in [0.1, 0.15) is 0 Å². The number of rotatable bonds is 8. The fourth-order valence-electron chi connectivity index (χ4n) is 4.55. The normalized spacial score (nSPS) is 19.6. The standard InChI is InChI=1S/C26H31F3N2O5S/c1-25(2,24(33)36-3)22(17-7-5-4-6-8-17)30-23(32)18-9-13-20(14-10-18)31-37(34,35)21-15-11-19(12-16-21)26(27,28)29/h4-8,11-12,15-16,18,20,22,31H,9-10,13-14H2,1-3H3,(H,30,32)/t18-,20-,22-/m0/s1. The average Bonchev–Trinajstić information content (AvgIpc) is 2.86. The highest BCUT2D eigenvalue weighted by Crippen LogP contribution is 2.36. The number of carbonyl (C=O) groups is 2. The molecule has 7 nitrogen and oxygen atoms in total. The van der Waals surface area contributed by atoms with Crippen molar-refractivity contribution in [1.82, 2.24) is 10.0 Å². The SMILES string of the molecule is COC(=O)C(C)(C)[C@@H](NC(=O)[C@H]1CC[C@H](NS(=O)(=O)c2ccc(C(F)(F)F)cc2)CC1)c1ccccc1. The van der Waals surface area contributed by atoms with Gasteiger partial charge in [0, 0.05) is 12.0 Å². The Kier molecular flexibility index (Phi) is 8.69. The van der Waals surface area contributed by atoms with Gasteiger partial charge in [-0.1, -0.05) is 30.3 Å². The molecule has 2 aromatic rings. The Morgan fingerprint density at radius 3 is 2.03 bits per heavy atom. The smallest absolute Gasteiger partial charge is 0.416 e. The lowest BCUT2D eigenvalue weighted by Gasteiger charge is -2.35. The lowest BCUT2D eigenvalue weighted by Crippen LogP contribution is -2.46. The van der Waals surface area contributed by atoms with E-state index in [4.69, 9.17) is 4.74 Å². The Bertz CT molecular complexity index is 1190. The van der Waals surface area contributed by atoms with E-state index in [1.54, 1.807) is 13.8 Å². The summed E-state index contributed by atoms with van der Waals surface area (Å²) in [5, 5.41) is 2.99. The van der Waals surface area contributed by atoms with Gasteiger partial charge in [-0.2, -0.15) is 13.2 Å². The predicted molar refractivity (Wildman–Crippen MR) is 131 cm³/mol. The van der Waals surface area contributed by atoms with Gasteiger partial charge in [-0.25, -0.2) is 13.1 Å². The minimum atomic E-state index is -4.56. The lowest BCUT2D eigenvalue weighted by molar-refractivity contribution is -0.153. The van der Waals surface area contributed by atoms with Crippen molar-refractivity contribution in [2.24, 2.45) is 11.3 Å². The van der Waals surface area contributed by atoms with Crippen molar-refractivity contribution >= 4 is 21.9 Å². The van der Waals surface area contributed by atoms with Crippen molar-refractivity contribution in [2.45, 2.75) is 62.7 Å². The van der Waals surface area contributed by atoms with Crippen molar-refractivity contribution in [1.29, 1.82) is 0 Å². The van der Waals surface area contributed by atoms with Crippen molar-refractivity contribution in [3.63, 3.8) is 0 Å². The van der Waals surface area contributed by atoms with E-state index >= 15 is 0 Å². The summed E-state index contributed by atoms with van der Waals surface area (Å²) < 4.78 is 71.1. The van der Waals surface area contributed by atoms with Crippen LogP contribution in [0.3, 0.4) is 0 Å². The van der Waals surface area contributed by atoms with Crippen LogP contribution in [0.15, 0.2) is 59.5 Å². The number of benzene rings is 2. The minimum absolute atomic E-state index is 0.241. The maximum Gasteiger partial charge on any atom is 0.416 e. The summed E-state index contributed by atoms with van der Waals surface area (Å²) in [5.74, 6) is -1.09. The van der Waals surface area contributed by atoms with E-state index in [1.165, 1.54) is 7.11 Å². The highest BCUT2D eigenvalue weighted by Gasteiger charge is 2.41. The number of sulfonamides is 1. The number of halogens is 3. The number of ether oxygens (including phenoxy) is 1. The fraction of sp³-hybridized carbons (Fsp3) is 0.462. The van der Waals surface area contributed by atoms with Crippen molar-refractivity contribution < 1.29 is 35.9 Å². The summed E-state index contributed by atoms with van der Waals surface area (Å²) in [4.78, 5) is 25.4. The zero-order chi connectivity index (χ0) is 27.4. The Morgan fingerprint density at radius 1 is 0.946 bits per heavy atom. The first kappa shape index (κ1) is 28.6. The molecule has 1 amide bonds. The zero-order valence-electron chi connectivity index (χ0n) is 20.8. The van der Waals surface area contributed by atoms with Gasteiger partial charge in [0.2, 0.25) is 15.9 Å². The Labute approximate surface area is 214 Å². The molecule has 1 aliphatic rings. The van der Waals surface area contributed by atoms with Crippen LogP contribution in [0.5, 0.6) is 0 Å². The molecule has 1 atom stereocenters. The third-order valence-corrected chi connectivity index (χ3v) is 8.30. The molecule has 2 aromatic carbocycles. The lowest BCUT2D eigenvalue weighted by atomic mass is 9.79. The molecule has 0 radical (unpaired) electrons. The van der Waals surface area contributed by atoms with Gasteiger partial charge in [-0.3, -0.25) is 9.59 Å². The van der Waals surface area contributed by atoms with E-state index in [1.807, 2.05) is 30.3 Å². The molecular weight excluding hydrogens is 509 g/mol. The van der Waals surface area contributed by atoms with Gasteiger partial charge >= 0.3 is 12.1 Å². The first-order valence-corrected chi connectivity index (χ1v) is 13.4. The van der Waals surface area contributed by atoms with Crippen LogP contribution in [0, 0.1) is 11.3 Å². The third kappa shape index (κ3) is 6.89. The van der Waals surface area contributed by atoms with Crippen LogP contribution in [0.4, 0.5) is 13.2 Å². The monoisotopic (exact) mass is 540 g/mol. The van der Waals surface area contributed by atoms with Crippen LogP contribution in [-0.4, -0.2) is 33.4 Å². The first-order chi connectivity index (χ1) is 17.3. The Hall–Kier alpha value is -2.92. The second-order valence-electron chi connectivity index (χ2n) is 9.76. The van der Waals surface area contributed by atoms with Crippen LogP contribution in [-0.2, 0) is 30.5 Å². The van der Waals surface area contributed by atoms with Crippen LogP contribution >= 0.6 is 0 Å². The van der Waals surface area contributed by atoms with Gasteiger partial charge in [-0.15, -0.1) is 0 Å². The number of nitrogens with one attached hydrogen (secondary N) is 2. The molecule has 11 heteroatoms. The van der Waals surface area contributed by atoms with Crippen molar-refractivity contribution in [2.75, 3.05) is 7.11 Å². The highest BCUT2D eigenvalue weighted by molar-refractivity contribution is 7.89. The van der Waals surface area contributed by atoms with Gasteiger partial charge in [-0.05, 0) is 69.4 Å². The summed E-state index contributed by atoms with van der Waals surface area (Å²) >= 11 is 0. The molecule has 0 aliphatic heterocycles. The van der Waals surface area contributed by atoms with Gasteiger partial charge in [0.25, 0.3) is 0 Å². The summed E-state index contributed by atoms with van der Waals surface area (Å²) in [7, 11) is -2.72. The van der Waals surface area contributed by atoms with E-state index in [-0.39, 0.29) is 16.7 Å². The number of esters is 1. The van der Waals surface area contributed by atoms with E-state index in [0.29, 0.717) is 25.7 Å². The maximum atomic E-state index is 13.2. The molecule has 202 valence electrons. The second kappa shape index (κ2) is 11.2. The van der Waals surface area contributed by atoms with Crippen LogP contribution in [0.1, 0.15) is 56.7 Å². The largest absolute Gasteiger partial charge is 0.469 e. The number of hydrogen-bond acceptors (Lipinski definition) is 5. The molecule has 37 heavy (non-hydrogen) atoms. The highest BCUT2D eigenvalue weighted by atomic mass is 32.2. The second-order valence-corrected chi connectivity index (χ2v) is 11.5. The molecule has 0 bridgehead atoms. The van der Waals surface area contributed by atoms with E-state index < -0.39 is 45.2 Å².